The molecular formula is C13H20O2. The number of fused-ring (bicyclic) bond motifs is 1. The molecule has 0 saturated heterocycles. The van der Waals surface area contributed by atoms with Crippen LogP contribution in [0.25, 0.3) is 0 Å². The Balaban J connectivity index is 0.00000112. The summed E-state index contributed by atoms with van der Waals surface area (Å²) in [7, 11) is 0. The van der Waals surface area contributed by atoms with E-state index < -0.39 is 0 Å². The van der Waals surface area contributed by atoms with Crippen LogP contribution in [0, 0.1) is 5.41 Å². The third-order valence-corrected chi connectivity index (χ3v) is 2.17. The molecule has 0 unspecified atom stereocenters. The van der Waals surface area contributed by atoms with Crippen molar-refractivity contribution in [3.63, 3.8) is 0 Å². The van der Waals surface area contributed by atoms with Gasteiger partial charge in [0, 0.05) is 0 Å². The standard InChI is InChI=1S/C12H16O2.CH4/c1-12(2,3)7-9-4-5-10-11(6-9)14-8-13-10;/h4-6H,7-8H2,1-3H3;1H4. The molecule has 0 fully saturated rings. The highest BCUT2D eigenvalue weighted by Crippen LogP contribution is 2.34. The minimum absolute atomic E-state index is 0. The summed E-state index contributed by atoms with van der Waals surface area (Å²) in [5, 5.41) is 0. The molecule has 0 atom stereocenters. The molecule has 0 N–H and O–H groups in total. The second kappa shape index (κ2) is 4.13. The zero-order valence-electron chi connectivity index (χ0n) is 8.96. The van der Waals surface area contributed by atoms with Gasteiger partial charge in [-0.2, -0.15) is 0 Å². The molecule has 1 aromatic rings. The lowest BCUT2D eigenvalue weighted by Crippen LogP contribution is -2.08. The smallest absolute Gasteiger partial charge is 0.231 e. The summed E-state index contributed by atoms with van der Waals surface area (Å²) in [6, 6.07) is 6.18. The third-order valence-electron chi connectivity index (χ3n) is 2.17. The van der Waals surface area contributed by atoms with E-state index in [2.05, 4.69) is 32.9 Å². The van der Waals surface area contributed by atoms with Crippen LogP contribution < -0.4 is 9.47 Å². The van der Waals surface area contributed by atoms with Gasteiger partial charge in [-0.25, -0.2) is 0 Å². The number of ether oxygens (including phenoxy) is 2. The minimum atomic E-state index is 0. The lowest BCUT2D eigenvalue weighted by molar-refractivity contribution is 0.174. The van der Waals surface area contributed by atoms with E-state index >= 15 is 0 Å². The van der Waals surface area contributed by atoms with Crippen molar-refractivity contribution in [3.05, 3.63) is 23.8 Å². The molecule has 0 aliphatic carbocycles. The van der Waals surface area contributed by atoms with Gasteiger partial charge in [0.25, 0.3) is 0 Å². The second-order valence-electron chi connectivity index (χ2n) is 4.93. The van der Waals surface area contributed by atoms with Crippen molar-refractivity contribution in [3.8, 4) is 11.5 Å². The van der Waals surface area contributed by atoms with Crippen molar-refractivity contribution in [2.24, 2.45) is 5.41 Å². The Morgan fingerprint density at radius 2 is 1.80 bits per heavy atom. The molecule has 1 aliphatic heterocycles. The number of hydrogen-bond acceptors (Lipinski definition) is 2. The molecule has 0 spiro atoms. The fraction of sp³-hybridized carbons (Fsp3) is 0.538. The zero-order chi connectivity index (χ0) is 10.2. The van der Waals surface area contributed by atoms with Gasteiger partial charge in [-0.05, 0) is 29.5 Å². The topological polar surface area (TPSA) is 18.5 Å². The van der Waals surface area contributed by atoms with Crippen LogP contribution in [0.4, 0.5) is 0 Å². The van der Waals surface area contributed by atoms with Gasteiger partial charge in [-0.1, -0.05) is 34.3 Å². The van der Waals surface area contributed by atoms with Crippen molar-refractivity contribution in [1.29, 1.82) is 0 Å². The molecule has 0 radical (unpaired) electrons. The summed E-state index contributed by atoms with van der Waals surface area (Å²) in [5.41, 5.74) is 1.62. The number of benzene rings is 1. The van der Waals surface area contributed by atoms with E-state index in [1.54, 1.807) is 0 Å². The Morgan fingerprint density at radius 3 is 2.47 bits per heavy atom. The second-order valence-corrected chi connectivity index (χ2v) is 4.93. The molecule has 0 amide bonds. The van der Waals surface area contributed by atoms with Gasteiger partial charge in [0.15, 0.2) is 11.5 Å². The summed E-state index contributed by atoms with van der Waals surface area (Å²) >= 11 is 0. The van der Waals surface area contributed by atoms with Gasteiger partial charge in [-0.3, -0.25) is 0 Å². The van der Waals surface area contributed by atoms with Crippen molar-refractivity contribution in [1.82, 2.24) is 0 Å². The summed E-state index contributed by atoms with van der Waals surface area (Å²) in [6.07, 6.45) is 1.06. The van der Waals surface area contributed by atoms with Crippen LogP contribution in [0.2, 0.25) is 0 Å². The van der Waals surface area contributed by atoms with Gasteiger partial charge in [0.1, 0.15) is 0 Å². The maximum atomic E-state index is 5.33. The molecular weight excluding hydrogens is 188 g/mol. The third kappa shape index (κ3) is 2.88. The first-order valence-electron chi connectivity index (χ1n) is 4.93. The summed E-state index contributed by atoms with van der Waals surface area (Å²) < 4.78 is 10.6. The quantitative estimate of drug-likeness (QED) is 0.701. The van der Waals surface area contributed by atoms with E-state index in [9.17, 15) is 0 Å². The maximum absolute atomic E-state index is 5.33. The first-order chi connectivity index (χ1) is 6.54. The molecule has 0 bridgehead atoms. The van der Waals surface area contributed by atoms with Crippen LogP contribution in [-0.2, 0) is 6.42 Å². The molecule has 15 heavy (non-hydrogen) atoms. The van der Waals surface area contributed by atoms with Gasteiger partial charge < -0.3 is 9.47 Å². The highest BCUT2D eigenvalue weighted by molar-refractivity contribution is 5.44. The predicted molar refractivity (Wildman–Crippen MR) is 62.5 cm³/mol. The number of hydrogen-bond donors (Lipinski definition) is 0. The van der Waals surface area contributed by atoms with Crippen molar-refractivity contribution >= 4 is 0 Å². The maximum Gasteiger partial charge on any atom is 0.231 e. The first kappa shape index (κ1) is 11.9. The van der Waals surface area contributed by atoms with Crippen molar-refractivity contribution in [2.75, 3.05) is 6.79 Å². The van der Waals surface area contributed by atoms with Crippen LogP contribution in [0.3, 0.4) is 0 Å². The largest absolute Gasteiger partial charge is 0.454 e. The average molecular weight is 208 g/mol. The Morgan fingerprint density at radius 1 is 1.13 bits per heavy atom. The van der Waals surface area contributed by atoms with E-state index in [1.807, 2.05) is 6.07 Å². The van der Waals surface area contributed by atoms with Gasteiger partial charge in [-0.15, -0.1) is 0 Å². The van der Waals surface area contributed by atoms with E-state index in [0.29, 0.717) is 12.2 Å². The molecule has 2 nitrogen and oxygen atoms in total. The molecule has 1 aliphatic rings. The Labute approximate surface area is 92.2 Å². The summed E-state index contributed by atoms with van der Waals surface area (Å²) in [6.45, 7) is 7.06. The molecule has 1 aromatic carbocycles. The first-order valence-corrected chi connectivity index (χ1v) is 4.93. The van der Waals surface area contributed by atoms with Crippen molar-refractivity contribution in [2.45, 2.75) is 34.6 Å². The van der Waals surface area contributed by atoms with Crippen LogP contribution in [0.1, 0.15) is 33.8 Å². The van der Waals surface area contributed by atoms with Gasteiger partial charge in [0.05, 0.1) is 0 Å². The highest BCUT2D eigenvalue weighted by atomic mass is 16.7. The molecule has 2 heteroatoms. The monoisotopic (exact) mass is 208 g/mol. The zero-order valence-corrected chi connectivity index (χ0v) is 8.96. The molecule has 1 heterocycles. The molecule has 0 aromatic heterocycles. The Bertz CT molecular complexity index is 337. The summed E-state index contributed by atoms with van der Waals surface area (Å²) in [5.74, 6) is 1.74. The van der Waals surface area contributed by atoms with E-state index in [0.717, 1.165) is 17.9 Å². The fourth-order valence-electron chi connectivity index (χ4n) is 1.66. The van der Waals surface area contributed by atoms with Crippen LogP contribution >= 0.6 is 0 Å². The van der Waals surface area contributed by atoms with Crippen LogP contribution in [0.5, 0.6) is 11.5 Å². The molecule has 0 saturated carbocycles. The average Bonchev–Trinajstić information content (AvgIpc) is 2.47. The van der Waals surface area contributed by atoms with Crippen molar-refractivity contribution < 1.29 is 9.47 Å². The Hall–Kier alpha value is -1.18. The fourth-order valence-corrected chi connectivity index (χ4v) is 1.66. The normalized spacial score (nSPS) is 13.5. The Kier molecular flexibility index (Phi) is 3.28. The van der Waals surface area contributed by atoms with Crippen LogP contribution in [-0.4, -0.2) is 6.79 Å². The lowest BCUT2D eigenvalue weighted by atomic mass is 9.88. The highest BCUT2D eigenvalue weighted by Gasteiger charge is 2.16. The summed E-state index contributed by atoms with van der Waals surface area (Å²) in [4.78, 5) is 0. The van der Waals surface area contributed by atoms with E-state index in [4.69, 9.17) is 9.47 Å². The van der Waals surface area contributed by atoms with Crippen LogP contribution in [0.15, 0.2) is 18.2 Å². The minimum Gasteiger partial charge on any atom is -0.454 e. The van der Waals surface area contributed by atoms with E-state index in [1.165, 1.54) is 5.56 Å². The van der Waals surface area contributed by atoms with Gasteiger partial charge >= 0.3 is 0 Å². The SMILES string of the molecule is C.CC(C)(C)Cc1ccc2c(c1)OCO2. The number of rotatable bonds is 1. The molecule has 84 valence electrons. The lowest BCUT2D eigenvalue weighted by Gasteiger charge is -2.18. The van der Waals surface area contributed by atoms with E-state index in [-0.39, 0.29) is 7.43 Å². The molecule has 2 rings (SSSR count). The predicted octanol–water partition coefficient (Wildman–Crippen LogP) is 3.64. The van der Waals surface area contributed by atoms with Gasteiger partial charge in [0.2, 0.25) is 6.79 Å².